The van der Waals surface area contributed by atoms with Crippen molar-refractivity contribution in [2.75, 3.05) is 0 Å². The molecule has 0 aliphatic heterocycles. The molecule has 0 saturated heterocycles. The van der Waals surface area contributed by atoms with Gasteiger partial charge in [-0.3, -0.25) is 4.79 Å². The quantitative estimate of drug-likeness (QED) is 0.518. The largest absolute Gasteiger partial charge is 0.373 e. The van der Waals surface area contributed by atoms with E-state index in [1.165, 1.54) is 25.7 Å². The second kappa shape index (κ2) is 11.7. The average molecular weight is 210 g/mol. The lowest BCUT2D eigenvalue weighted by molar-refractivity contribution is -0.144. The van der Waals surface area contributed by atoms with Gasteiger partial charge in [0.25, 0.3) is 0 Å². The summed E-state index contributed by atoms with van der Waals surface area (Å²) in [7, 11) is 0. The molecule has 0 bridgehead atoms. The van der Waals surface area contributed by atoms with Gasteiger partial charge in [0.15, 0.2) is 0 Å². The van der Waals surface area contributed by atoms with Crippen LogP contribution in [0.1, 0.15) is 51.9 Å². The summed E-state index contributed by atoms with van der Waals surface area (Å²) >= 11 is 0. The molecular formula is C9H20ClNO2. The van der Waals surface area contributed by atoms with Crippen molar-refractivity contribution in [3.8, 4) is 0 Å². The highest BCUT2D eigenvalue weighted by Crippen LogP contribution is 2.06. The summed E-state index contributed by atoms with van der Waals surface area (Å²) < 4.78 is 0. The zero-order chi connectivity index (χ0) is 9.23. The minimum atomic E-state index is -0.300. The number of carbonyl (C=O) groups excluding carboxylic acids is 1. The van der Waals surface area contributed by atoms with Gasteiger partial charge in [-0.05, 0) is 6.42 Å². The Morgan fingerprint density at radius 3 is 2.23 bits per heavy atom. The maximum absolute atomic E-state index is 10.6. The van der Waals surface area contributed by atoms with Gasteiger partial charge in [0.05, 0.1) is 0 Å². The minimum Gasteiger partial charge on any atom is -0.373 e. The molecule has 0 saturated carbocycles. The van der Waals surface area contributed by atoms with Crippen LogP contribution in [0, 0.1) is 0 Å². The highest BCUT2D eigenvalue weighted by Gasteiger charge is 1.98. The molecule has 0 aromatic carbocycles. The van der Waals surface area contributed by atoms with Gasteiger partial charge in [-0.15, -0.1) is 12.4 Å². The van der Waals surface area contributed by atoms with Gasteiger partial charge in [-0.2, -0.15) is 5.90 Å². The smallest absolute Gasteiger partial charge is 0.324 e. The molecule has 0 amide bonds. The molecule has 0 heterocycles. The first kappa shape index (κ1) is 15.2. The third-order valence-corrected chi connectivity index (χ3v) is 1.87. The zero-order valence-electron chi connectivity index (χ0n) is 8.25. The van der Waals surface area contributed by atoms with Gasteiger partial charge in [0, 0.05) is 6.42 Å². The molecule has 0 spiro atoms. The van der Waals surface area contributed by atoms with Crippen molar-refractivity contribution in [1.29, 1.82) is 0 Å². The Kier molecular flexibility index (Phi) is 13.7. The summed E-state index contributed by atoms with van der Waals surface area (Å²) in [6.45, 7) is 2.19. The Bertz CT molecular complexity index is 120. The predicted molar refractivity (Wildman–Crippen MR) is 55.5 cm³/mol. The van der Waals surface area contributed by atoms with Crippen molar-refractivity contribution in [1.82, 2.24) is 0 Å². The van der Waals surface area contributed by atoms with Gasteiger partial charge in [0.1, 0.15) is 0 Å². The first-order valence-corrected chi connectivity index (χ1v) is 4.70. The molecule has 13 heavy (non-hydrogen) atoms. The molecule has 0 radical (unpaired) electrons. The summed E-state index contributed by atoms with van der Waals surface area (Å²) in [4.78, 5) is 14.6. The lowest BCUT2D eigenvalue weighted by Gasteiger charge is -1.98. The highest BCUT2D eigenvalue weighted by atomic mass is 35.5. The van der Waals surface area contributed by atoms with Gasteiger partial charge >= 0.3 is 5.97 Å². The zero-order valence-corrected chi connectivity index (χ0v) is 9.07. The van der Waals surface area contributed by atoms with Gasteiger partial charge in [-0.25, -0.2) is 0 Å². The molecule has 0 unspecified atom stereocenters. The van der Waals surface area contributed by atoms with E-state index in [2.05, 4.69) is 17.7 Å². The van der Waals surface area contributed by atoms with Crippen molar-refractivity contribution < 1.29 is 9.63 Å². The van der Waals surface area contributed by atoms with E-state index in [1.54, 1.807) is 0 Å². The fourth-order valence-electron chi connectivity index (χ4n) is 1.11. The monoisotopic (exact) mass is 209 g/mol. The normalized spacial score (nSPS) is 9.08. The molecular weight excluding hydrogens is 190 g/mol. The summed E-state index contributed by atoms with van der Waals surface area (Å²) in [6.07, 6.45) is 7.50. The van der Waals surface area contributed by atoms with E-state index in [0.717, 1.165) is 12.8 Å². The SMILES string of the molecule is CCCCCCCCC(=O)ON.Cl. The van der Waals surface area contributed by atoms with E-state index in [1.807, 2.05) is 0 Å². The summed E-state index contributed by atoms with van der Waals surface area (Å²) in [5.74, 6) is 4.38. The Morgan fingerprint density at radius 2 is 1.69 bits per heavy atom. The first-order chi connectivity index (χ1) is 5.81. The number of nitrogens with two attached hydrogens (primary N) is 1. The molecule has 2 N–H and O–H groups in total. The van der Waals surface area contributed by atoms with Crippen LogP contribution in [-0.2, 0) is 9.63 Å². The maximum Gasteiger partial charge on any atom is 0.324 e. The molecule has 80 valence electrons. The molecule has 0 aliphatic rings. The average Bonchev–Trinajstić information content (AvgIpc) is 2.10. The number of halogens is 1. The number of hydrogen-bond acceptors (Lipinski definition) is 3. The minimum absolute atomic E-state index is 0. The molecule has 0 atom stereocenters. The lowest BCUT2D eigenvalue weighted by atomic mass is 10.1. The van der Waals surface area contributed by atoms with Gasteiger partial charge in [-0.1, -0.05) is 39.0 Å². The van der Waals surface area contributed by atoms with Crippen molar-refractivity contribution in [3.05, 3.63) is 0 Å². The Balaban J connectivity index is 0. The third kappa shape index (κ3) is 11.7. The van der Waals surface area contributed by atoms with Crippen LogP contribution in [-0.4, -0.2) is 5.97 Å². The topological polar surface area (TPSA) is 52.3 Å². The van der Waals surface area contributed by atoms with E-state index < -0.39 is 0 Å². The van der Waals surface area contributed by atoms with E-state index in [-0.39, 0.29) is 18.4 Å². The van der Waals surface area contributed by atoms with E-state index in [4.69, 9.17) is 0 Å². The predicted octanol–water partition coefficient (Wildman–Crippen LogP) is 2.58. The number of unbranched alkanes of at least 4 members (excludes halogenated alkanes) is 5. The molecule has 0 rings (SSSR count). The van der Waals surface area contributed by atoms with Crippen LogP contribution in [0.4, 0.5) is 0 Å². The Hall–Kier alpha value is -0.280. The van der Waals surface area contributed by atoms with Crippen LogP contribution in [0.15, 0.2) is 0 Å². The molecule has 0 aromatic heterocycles. The fourth-order valence-corrected chi connectivity index (χ4v) is 1.11. The van der Waals surface area contributed by atoms with E-state index in [9.17, 15) is 4.79 Å². The molecule has 4 heteroatoms. The summed E-state index contributed by atoms with van der Waals surface area (Å²) in [5, 5.41) is 0. The maximum atomic E-state index is 10.6. The third-order valence-electron chi connectivity index (χ3n) is 1.87. The standard InChI is InChI=1S/C9H19NO2.ClH/c1-2-3-4-5-6-7-8-9(11)12-10;/h2-8,10H2,1H3;1H. The number of rotatable bonds is 7. The van der Waals surface area contributed by atoms with E-state index in [0.29, 0.717) is 6.42 Å². The molecule has 0 fully saturated rings. The molecule has 3 nitrogen and oxygen atoms in total. The second-order valence-electron chi connectivity index (χ2n) is 3.01. The second-order valence-corrected chi connectivity index (χ2v) is 3.01. The molecule has 0 aromatic rings. The van der Waals surface area contributed by atoms with Crippen LogP contribution in [0.2, 0.25) is 0 Å². The lowest BCUT2D eigenvalue weighted by Crippen LogP contribution is -2.08. The fraction of sp³-hybridized carbons (Fsp3) is 0.889. The summed E-state index contributed by atoms with van der Waals surface area (Å²) in [5.41, 5.74) is 0. The number of hydrogen-bond donors (Lipinski definition) is 1. The van der Waals surface area contributed by atoms with Crippen molar-refractivity contribution in [2.24, 2.45) is 5.90 Å². The van der Waals surface area contributed by atoms with E-state index >= 15 is 0 Å². The van der Waals surface area contributed by atoms with Crippen LogP contribution < -0.4 is 5.90 Å². The Morgan fingerprint density at radius 1 is 1.15 bits per heavy atom. The van der Waals surface area contributed by atoms with Crippen molar-refractivity contribution >= 4 is 18.4 Å². The highest BCUT2D eigenvalue weighted by molar-refractivity contribution is 5.85. The van der Waals surface area contributed by atoms with Crippen LogP contribution >= 0.6 is 12.4 Å². The van der Waals surface area contributed by atoms with Crippen LogP contribution in [0.25, 0.3) is 0 Å². The van der Waals surface area contributed by atoms with Crippen molar-refractivity contribution in [2.45, 2.75) is 51.9 Å². The van der Waals surface area contributed by atoms with Gasteiger partial charge in [0.2, 0.25) is 0 Å². The van der Waals surface area contributed by atoms with Crippen LogP contribution in [0.5, 0.6) is 0 Å². The first-order valence-electron chi connectivity index (χ1n) is 4.70. The van der Waals surface area contributed by atoms with Crippen molar-refractivity contribution in [3.63, 3.8) is 0 Å². The summed E-state index contributed by atoms with van der Waals surface area (Å²) in [6, 6.07) is 0. The molecule has 0 aliphatic carbocycles. The Labute approximate surface area is 86.4 Å². The van der Waals surface area contributed by atoms with Gasteiger partial charge < -0.3 is 4.84 Å². The number of carbonyl (C=O) groups is 1. The van der Waals surface area contributed by atoms with Crippen LogP contribution in [0.3, 0.4) is 0 Å².